The molecule has 6 aromatic rings. The van der Waals surface area contributed by atoms with Gasteiger partial charge < -0.3 is 0 Å². The van der Waals surface area contributed by atoms with Crippen LogP contribution < -0.4 is 0 Å². The number of hydrogen-bond acceptors (Lipinski definition) is 2. The van der Waals surface area contributed by atoms with Crippen LogP contribution in [0.5, 0.6) is 0 Å². The van der Waals surface area contributed by atoms with Crippen LogP contribution in [0.15, 0.2) is 133 Å². The molecule has 34 heavy (non-hydrogen) atoms. The molecule has 2 nitrogen and oxygen atoms in total. The van der Waals surface area contributed by atoms with Crippen LogP contribution in [0.25, 0.3) is 55.5 Å². The molecule has 6 rings (SSSR count). The fourth-order valence-electron chi connectivity index (χ4n) is 4.53. The molecule has 0 aliphatic carbocycles. The van der Waals surface area contributed by atoms with Crippen LogP contribution in [0, 0.1) is 0 Å². The van der Waals surface area contributed by atoms with Gasteiger partial charge in [-0.3, -0.25) is 0 Å². The first-order valence-corrected chi connectivity index (χ1v) is 11.4. The first kappa shape index (κ1) is 20.1. The predicted octanol–water partition coefficient (Wildman–Crippen LogP) is 8.30. The van der Waals surface area contributed by atoms with Gasteiger partial charge in [0, 0.05) is 21.9 Å². The molecule has 0 radical (unpaired) electrons. The third-order valence-corrected chi connectivity index (χ3v) is 6.18. The predicted molar refractivity (Wildman–Crippen MR) is 141 cm³/mol. The number of fused-ring (bicyclic) bond motifs is 1. The maximum Gasteiger partial charge on any atom is 0.101 e. The van der Waals surface area contributed by atoms with Gasteiger partial charge in [-0.25, -0.2) is 0 Å². The van der Waals surface area contributed by atoms with Gasteiger partial charge in [0.1, 0.15) is 11.4 Å². The molecule has 0 amide bonds. The first-order chi connectivity index (χ1) is 16.9. The molecule has 1 aromatic heterocycles. The molecule has 0 bridgehead atoms. The van der Waals surface area contributed by atoms with Crippen molar-refractivity contribution in [1.82, 2.24) is 10.2 Å². The zero-order valence-corrected chi connectivity index (χ0v) is 18.6. The van der Waals surface area contributed by atoms with E-state index in [0.29, 0.717) is 0 Å². The Morgan fingerprint density at radius 1 is 0.324 bits per heavy atom. The van der Waals surface area contributed by atoms with Gasteiger partial charge in [-0.15, -0.1) is 10.2 Å². The van der Waals surface area contributed by atoms with E-state index in [1.54, 1.807) is 0 Å². The molecule has 0 saturated heterocycles. The van der Waals surface area contributed by atoms with Crippen LogP contribution in [-0.4, -0.2) is 10.2 Å². The van der Waals surface area contributed by atoms with Crippen molar-refractivity contribution < 1.29 is 0 Å². The summed E-state index contributed by atoms with van der Waals surface area (Å²) in [4.78, 5) is 0. The smallest absolute Gasteiger partial charge is 0.101 e. The van der Waals surface area contributed by atoms with Crippen molar-refractivity contribution >= 4 is 10.8 Å². The highest BCUT2D eigenvalue weighted by atomic mass is 15.1. The minimum absolute atomic E-state index is 0.895. The van der Waals surface area contributed by atoms with Crippen molar-refractivity contribution in [2.24, 2.45) is 0 Å². The number of rotatable bonds is 4. The topological polar surface area (TPSA) is 25.8 Å². The lowest BCUT2D eigenvalue weighted by Crippen LogP contribution is -1.97. The molecule has 2 heteroatoms. The monoisotopic (exact) mass is 434 g/mol. The zero-order chi connectivity index (χ0) is 22.7. The van der Waals surface area contributed by atoms with Crippen LogP contribution >= 0.6 is 0 Å². The van der Waals surface area contributed by atoms with E-state index in [0.717, 1.165) is 33.3 Å². The minimum atomic E-state index is 0.895. The second kappa shape index (κ2) is 8.76. The fraction of sp³-hybridized carbons (Fsp3) is 0. The van der Waals surface area contributed by atoms with Crippen molar-refractivity contribution in [1.29, 1.82) is 0 Å². The second-order valence-corrected chi connectivity index (χ2v) is 8.30. The van der Waals surface area contributed by atoms with Crippen molar-refractivity contribution in [3.8, 4) is 44.8 Å². The second-order valence-electron chi connectivity index (χ2n) is 8.30. The van der Waals surface area contributed by atoms with Gasteiger partial charge in [0.25, 0.3) is 0 Å². The maximum atomic E-state index is 4.74. The SMILES string of the molecule is c1ccc(-c2cc3c(-c4ccccc4)nnc(-c4ccccc4)c3cc2-c2ccccc2)cc1. The highest BCUT2D eigenvalue weighted by Gasteiger charge is 2.17. The summed E-state index contributed by atoms with van der Waals surface area (Å²) in [5.41, 5.74) is 8.64. The lowest BCUT2D eigenvalue weighted by atomic mass is 9.89. The number of nitrogens with zero attached hydrogens (tertiary/aromatic N) is 2. The lowest BCUT2D eigenvalue weighted by molar-refractivity contribution is 1.06. The summed E-state index contributed by atoms with van der Waals surface area (Å²) in [6, 6.07) is 46.4. The van der Waals surface area contributed by atoms with Crippen molar-refractivity contribution in [2.75, 3.05) is 0 Å². The Morgan fingerprint density at radius 3 is 0.941 bits per heavy atom. The quantitative estimate of drug-likeness (QED) is 0.279. The van der Waals surface area contributed by atoms with E-state index in [2.05, 4.69) is 97.1 Å². The van der Waals surface area contributed by atoms with Crippen LogP contribution in [0.2, 0.25) is 0 Å². The molecular weight excluding hydrogens is 412 g/mol. The Hall–Kier alpha value is -4.56. The van der Waals surface area contributed by atoms with E-state index in [1.165, 1.54) is 22.3 Å². The third kappa shape index (κ3) is 3.66. The van der Waals surface area contributed by atoms with Gasteiger partial charge in [-0.05, 0) is 34.4 Å². The molecule has 1 heterocycles. The summed E-state index contributed by atoms with van der Waals surface area (Å²) in [6.45, 7) is 0. The van der Waals surface area contributed by atoms with Crippen LogP contribution in [-0.2, 0) is 0 Å². The average Bonchev–Trinajstić information content (AvgIpc) is 2.93. The Labute approximate surface area is 199 Å². The molecule has 0 saturated carbocycles. The summed E-state index contributed by atoms with van der Waals surface area (Å²) >= 11 is 0. The van der Waals surface area contributed by atoms with Gasteiger partial charge in [0.15, 0.2) is 0 Å². The summed E-state index contributed by atoms with van der Waals surface area (Å²) in [7, 11) is 0. The highest BCUT2D eigenvalue weighted by Crippen LogP contribution is 2.40. The number of benzene rings is 5. The summed E-state index contributed by atoms with van der Waals surface area (Å²) in [5.74, 6) is 0. The maximum absolute atomic E-state index is 4.74. The molecule has 160 valence electrons. The molecule has 0 spiro atoms. The Kier molecular flexibility index (Phi) is 5.17. The van der Waals surface area contributed by atoms with Gasteiger partial charge >= 0.3 is 0 Å². The van der Waals surface area contributed by atoms with Crippen molar-refractivity contribution in [3.05, 3.63) is 133 Å². The summed E-state index contributed by atoms with van der Waals surface area (Å²) in [6.07, 6.45) is 0. The van der Waals surface area contributed by atoms with Crippen LogP contribution in [0.3, 0.4) is 0 Å². The minimum Gasteiger partial charge on any atom is -0.149 e. The van der Waals surface area contributed by atoms with E-state index < -0.39 is 0 Å². The molecule has 0 fully saturated rings. The van der Waals surface area contributed by atoms with E-state index >= 15 is 0 Å². The highest BCUT2D eigenvalue weighted by molar-refractivity contribution is 6.07. The zero-order valence-electron chi connectivity index (χ0n) is 18.6. The first-order valence-electron chi connectivity index (χ1n) is 11.4. The molecule has 0 N–H and O–H groups in total. The van der Waals surface area contributed by atoms with E-state index in [1.807, 2.05) is 36.4 Å². The number of hydrogen-bond donors (Lipinski definition) is 0. The van der Waals surface area contributed by atoms with Gasteiger partial charge in [0.05, 0.1) is 0 Å². The van der Waals surface area contributed by atoms with E-state index in [4.69, 9.17) is 10.2 Å². The van der Waals surface area contributed by atoms with Crippen LogP contribution in [0.1, 0.15) is 0 Å². The normalized spacial score (nSPS) is 10.9. The molecule has 5 aromatic carbocycles. The molecule has 0 atom stereocenters. The fourth-order valence-corrected chi connectivity index (χ4v) is 4.53. The Morgan fingerprint density at radius 2 is 0.618 bits per heavy atom. The van der Waals surface area contributed by atoms with Crippen molar-refractivity contribution in [3.63, 3.8) is 0 Å². The van der Waals surface area contributed by atoms with Gasteiger partial charge in [-0.1, -0.05) is 121 Å². The van der Waals surface area contributed by atoms with Crippen LogP contribution in [0.4, 0.5) is 0 Å². The standard InChI is InChI=1S/C32H22N2/c1-5-13-23(14-6-1)27-21-29-30(22-28(27)24-15-7-2-8-16-24)32(26-19-11-4-12-20-26)34-33-31(29)25-17-9-3-10-18-25/h1-22H. The molecule has 0 unspecified atom stereocenters. The Balaban J connectivity index is 1.73. The summed E-state index contributed by atoms with van der Waals surface area (Å²) < 4.78 is 0. The third-order valence-electron chi connectivity index (χ3n) is 6.18. The largest absolute Gasteiger partial charge is 0.149 e. The van der Waals surface area contributed by atoms with E-state index in [9.17, 15) is 0 Å². The lowest BCUT2D eigenvalue weighted by Gasteiger charge is -2.16. The van der Waals surface area contributed by atoms with Crippen molar-refractivity contribution in [2.45, 2.75) is 0 Å². The average molecular weight is 435 g/mol. The molecular formula is C32H22N2. The molecule has 0 aliphatic rings. The Bertz CT molecular complexity index is 1440. The number of aromatic nitrogens is 2. The van der Waals surface area contributed by atoms with E-state index in [-0.39, 0.29) is 0 Å². The molecule has 0 aliphatic heterocycles. The van der Waals surface area contributed by atoms with Gasteiger partial charge in [0.2, 0.25) is 0 Å². The van der Waals surface area contributed by atoms with Gasteiger partial charge in [-0.2, -0.15) is 0 Å². The summed E-state index contributed by atoms with van der Waals surface area (Å²) in [5, 5.41) is 11.7.